The van der Waals surface area contributed by atoms with Crippen LogP contribution in [0.1, 0.15) is 0 Å². The van der Waals surface area contributed by atoms with Crippen molar-refractivity contribution in [2.24, 2.45) is 0 Å². The molecule has 4 heteroatoms. The molecule has 2 aromatic heterocycles. The lowest BCUT2D eigenvalue weighted by Crippen LogP contribution is -2.00. The molecule has 0 atom stereocenters. The highest BCUT2D eigenvalue weighted by Gasteiger charge is 2.18. The van der Waals surface area contributed by atoms with E-state index in [-0.39, 0.29) is 0 Å². The molecule has 224 valence electrons. The summed E-state index contributed by atoms with van der Waals surface area (Å²) in [7, 11) is 0. The summed E-state index contributed by atoms with van der Waals surface area (Å²) in [5, 5.41) is 5.88. The van der Waals surface area contributed by atoms with Crippen LogP contribution in [0, 0.1) is 0 Å². The lowest BCUT2D eigenvalue weighted by molar-refractivity contribution is 1.07. The zero-order chi connectivity index (χ0) is 31.9. The van der Waals surface area contributed by atoms with E-state index >= 15 is 0 Å². The molecule has 0 fully saturated rings. The van der Waals surface area contributed by atoms with Gasteiger partial charge in [0.25, 0.3) is 0 Å². The van der Waals surface area contributed by atoms with E-state index < -0.39 is 0 Å². The molecule has 0 saturated heterocycles. The minimum Gasteiger partial charge on any atom is -0.256 e. The van der Waals surface area contributed by atoms with Gasteiger partial charge in [-0.05, 0) is 68.6 Å². The summed E-state index contributed by atoms with van der Waals surface area (Å²) >= 11 is 0. The van der Waals surface area contributed by atoms with E-state index in [1.165, 1.54) is 27.1 Å². The number of aromatic nitrogens is 4. The van der Waals surface area contributed by atoms with Gasteiger partial charge in [0, 0.05) is 33.8 Å². The highest BCUT2D eigenvalue weighted by Crippen LogP contribution is 2.41. The summed E-state index contributed by atoms with van der Waals surface area (Å²) in [6.07, 6.45) is 1.86. The Bertz CT molecular complexity index is 2500. The Morgan fingerprint density at radius 3 is 1.48 bits per heavy atom. The number of nitrogens with zero attached hydrogens (tertiary/aromatic N) is 4. The van der Waals surface area contributed by atoms with Gasteiger partial charge < -0.3 is 0 Å². The van der Waals surface area contributed by atoms with Crippen molar-refractivity contribution in [3.63, 3.8) is 0 Å². The molecule has 0 radical (unpaired) electrons. The van der Waals surface area contributed by atoms with Crippen LogP contribution in [0.2, 0.25) is 0 Å². The Labute approximate surface area is 278 Å². The Morgan fingerprint density at radius 1 is 0.333 bits per heavy atom. The Hall–Kier alpha value is -6.52. The summed E-state index contributed by atoms with van der Waals surface area (Å²) in [5.41, 5.74) is 8.11. The van der Waals surface area contributed by atoms with Crippen molar-refractivity contribution in [3.05, 3.63) is 170 Å². The first-order valence-corrected chi connectivity index (χ1v) is 16.1. The second-order valence-corrected chi connectivity index (χ2v) is 11.9. The van der Waals surface area contributed by atoms with E-state index in [1.807, 2.05) is 72.9 Å². The predicted molar refractivity (Wildman–Crippen MR) is 197 cm³/mol. The van der Waals surface area contributed by atoms with Gasteiger partial charge in [-0.15, -0.1) is 0 Å². The third kappa shape index (κ3) is 4.97. The van der Waals surface area contributed by atoms with E-state index in [9.17, 15) is 0 Å². The molecule has 2 heterocycles. The Balaban J connectivity index is 1.37. The number of para-hydroxylation sites is 1. The second kappa shape index (κ2) is 11.7. The van der Waals surface area contributed by atoms with Crippen LogP contribution < -0.4 is 0 Å². The highest BCUT2D eigenvalue weighted by atomic mass is 15.0. The van der Waals surface area contributed by atoms with Crippen molar-refractivity contribution >= 4 is 32.4 Å². The first kappa shape index (κ1) is 27.8. The second-order valence-electron chi connectivity index (χ2n) is 11.9. The maximum atomic E-state index is 5.12. The van der Waals surface area contributed by atoms with E-state index in [4.69, 9.17) is 19.9 Å². The van der Waals surface area contributed by atoms with Crippen LogP contribution in [-0.4, -0.2) is 19.9 Å². The summed E-state index contributed by atoms with van der Waals surface area (Å²) < 4.78 is 0. The molecule has 0 amide bonds. The third-order valence-corrected chi connectivity index (χ3v) is 8.89. The van der Waals surface area contributed by atoms with Gasteiger partial charge in [0.1, 0.15) is 0 Å². The molecule has 9 rings (SSSR count). The molecule has 48 heavy (non-hydrogen) atoms. The van der Waals surface area contributed by atoms with Gasteiger partial charge in [0.05, 0.1) is 5.52 Å². The SMILES string of the molecule is c1ccc(-c2nc(-c3ccccc3)nc(-c3cc(-c4c5ccccc5cc5ccccc45)cc(-c4cccc5cccnc45)c3)n2)cc1. The van der Waals surface area contributed by atoms with E-state index in [0.717, 1.165) is 44.3 Å². The number of rotatable bonds is 5. The van der Waals surface area contributed by atoms with Crippen molar-refractivity contribution in [3.8, 4) is 56.4 Å². The third-order valence-electron chi connectivity index (χ3n) is 8.89. The summed E-state index contributed by atoms with van der Waals surface area (Å²) in [6, 6.07) is 56.9. The van der Waals surface area contributed by atoms with Gasteiger partial charge in [0.15, 0.2) is 17.5 Å². The lowest BCUT2D eigenvalue weighted by Gasteiger charge is -2.16. The average molecular weight is 613 g/mol. The molecule has 9 aromatic rings. The molecule has 0 saturated carbocycles. The molecule has 0 aliphatic carbocycles. The fourth-order valence-corrected chi connectivity index (χ4v) is 6.66. The molecule has 7 aromatic carbocycles. The average Bonchev–Trinajstić information content (AvgIpc) is 3.17. The van der Waals surface area contributed by atoms with Gasteiger partial charge in [-0.3, -0.25) is 4.98 Å². The monoisotopic (exact) mass is 612 g/mol. The van der Waals surface area contributed by atoms with E-state index in [1.54, 1.807) is 0 Å². The van der Waals surface area contributed by atoms with Crippen LogP contribution in [-0.2, 0) is 0 Å². The fourth-order valence-electron chi connectivity index (χ4n) is 6.66. The molecule has 0 N–H and O–H groups in total. The number of hydrogen-bond donors (Lipinski definition) is 0. The highest BCUT2D eigenvalue weighted by molar-refractivity contribution is 6.13. The van der Waals surface area contributed by atoms with Crippen LogP contribution >= 0.6 is 0 Å². The van der Waals surface area contributed by atoms with E-state index in [2.05, 4.69) is 97.1 Å². The number of fused-ring (bicyclic) bond motifs is 3. The molecular formula is C44H28N4. The number of benzene rings is 7. The number of hydrogen-bond acceptors (Lipinski definition) is 4. The van der Waals surface area contributed by atoms with Gasteiger partial charge in [0.2, 0.25) is 0 Å². The quantitative estimate of drug-likeness (QED) is 0.181. The summed E-state index contributed by atoms with van der Waals surface area (Å²) in [6.45, 7) is 0. The largest absolute Gasteiger partial charge is 0.256 e. The molecular weight excluding hydrogens is 585 g/mol. The van der Waals surface area contributed by atoms with Crippen molar-refractivity contribution in [2.75, 3.05) is 0 Å². The first-order chi connectivity index (χ1) is 23.8. The molecule has 0 aliphatic rings. The minimum atomic E-state index is 0.614. The lowest BCUT2D eigenvalue weighted by atomic mass is 9.89. The van der Waals surface area contributed by atoms with Crippen LogP contribution in [0.5, 0.6) is 0 Å². The van der Waals surface area contributed by atoms with Crippen molar-refractivity contribution < 1.29 is 0 Å². The standard InChI is InChI=1S/C44H28N4/c1-3-13-30(14-4-1)42-46-43(31-15-5-2-6-16-31)48-44(47-42)36-27-34(39-23-11-19-29-20-12-24-45-41(29)39)26-35(28-36)40-37-21-9-7-17-32(37)25-33-18-8-10-22-38(33)40/h1-28H. The van der Waals surface area contributed by atoms with Crippen molar-refractivity contribution in [1.29, 1.82) is 0 Å². The van der Waals surface area contributed by atoms with Crippen LogP contribution in [0.4, 0.5) is 0 Å². The maximum Gasteiger partial charge on any atom is 0.164 e. The summed E-state index contributed by atoms with van der Waals surface area (Å²) in [4.78, 5) is 20.0. The molecule has 4 nitrogen and oxygen atoms in total. The Kier molecular flexibility index (Phi) is 6.76. The minimum absolute atomic E-state index is 0.614. The van der Waals surface area contributed by atoms with Gasteiger partial charge in [-0.1, -0.05) is 133 Å². The fraction of sp³-hybridized carbons (Fsp3) is 0. The van der Waals surface area contributed by atoms with Crippen molar-refractivity contribution in [2.45, 2.75) is 0 Å². The zero-order valence-corrected chi connectivity index (χ0v) is 26.0. The first-order valence-electron chi connectivity index (χ1n) is 16.1. The molecule has 0 bridgehead atoms. The summed E-state index contributed by atoms with van der Waals surface area (Å²) in [5.74, 6) is 1.88. The van der Waals surface area contributed by atoms with Crippen molar-refractivity contribution in [1.82, 2.24) is 19.9 Å². The van der Waals surface area contributed by atoms with Crippen LogP contribution in [0.15, 0.2) is 170 Å². The topological polar surface area (TPSA) is 51.6 Å². The normalized spacial score (nSPS) is 11.3. The Morgan fingerprint density at radius 2 is 0.833 bits per heavy atom. The molecule has 0 aliphatic heterocycles. The van der Waals surface area contributed by atoms with Crippen LogP contribution in [0.3, 0.4) is 0 Å². The molecule has 0 spiro atoms. The number of pyridine rings is 1. The molecule has 0 unspecified atom stereocenters. The van der Waals surface area contributed by atoms with E-state index in [0.29, 0.717) is 17.5 Å². The van der Waals surface area contributed by atoms with Gasteiger partial charge >= 0.3 is 0 Å². The maximum absolute atomic E-state index is 5.12. The van der Waals surface area contributed by atoms with Gasteiger partial charge in [-0.25, -0.2) is 15.0 Å². The van der Waals surface area contributed by atoms with Crippen LogP contribution in [0.25, 0.3) is 88.9 Å². The smallest absolute Gasteiger partial charge is 0.164 e. The predicted octanol–water partition coefficient (Wildman–Crippen LogP) is 11.1. The zero-order valence-electron chi connectivity index (χ0n) is 26.0. The van der Waals surface area contributed by atoms with Gasteiger partial charge in [-0.2, -0.15) is 0 Å².